The molecule has 2 heterocycles. The zero-order chi connectivity index (χ0) is 15.2. The first kappa shape index (κ1) is 15.8. The lowest BCUT2D eigenvalue weighted by Gasteiger charge is -2.36. The first-order chi connectivity index (χ1) is 10.1. The van der Waals surface area contributed by atoms with Crippen molar-refractivity contribution in [2.45, 2.75) is 51.1 Å². The van der Waals surface area contributed by atoms with Crippen molar-refractivity contribution in [2.24, 2.45) is 0 Å². The molecule has 6 heteroatoms. The van der Waals surface area contributed by atoms with Crippen molar-refractivity contribution in [1.82, 2.24) is 10.2 Å². The highest BCUT2D eigenvalue weighted by atomic mass is 32.1. The topological polar surface area (TPSA) is 69.6 Å². The first-order valence-electron chi connectivity index (χ1n) is 7.40. The number of hydrogen-bond acceptors (Lipinski definition) is 3. The van der Waals surface area contributed by atoms with Crippen molar-refractivity contribution < 1.29 is 14.7 Å². The molecule has 1 aliphatic heterocycles. The van der Waals surface area contributed by atoms with E-state index >= 15 is 0 Å². The molecule has 0 radical (unpaired) electrons. The molecule has 0 spiro atoms. The summed E-state index contributed by atoms with van der Waals surface area (Å²) < 4.78 is 0. The Kier molecular flexibility index (Phi) is 5.61. The Morgan fingerprint density at radius 2 is 2.33 bits per heavy atom. The molecule has 0 aromatic carbocycles. The molecule has 2 unspecified atom stereocenters. The molecule has 1 aromatic heterocycles. The van der Waals surface area contributed by atoms with Crippen LogP contribution in [-0.2, 0) is 4.79 Å². The minimum absolute atomic E-state index is 0.0143. The molecule has 1 aliphatic rings. The molecular formula is C15H22N2O3S. The summed E-state index contributed by atoms with van der Waals surface area (Å²) in [5.41, 5.74) is 0. The van der Waals surface area contributed by atoms with E-state index in [1.165, 1.54) is 0 Å². The van der Waals surface area contributed by atoms with E-state index in [2.05, 4.69) is 5.32 Å². The van der Waals surface area contributed by atoms with E-state index in [4.69, 9.17) is 5.11 Å². The van der Waals surface area contributed by atoms with Gasteiger partial charge in [-0.1, -0.05) is 6.07 Å². The third-order valence-electron chi connectivity index (χ3n) is 3.89. The number of nitrogens with zero attached hydrogens (tertiary/aromatic N) is 1. The van der Waals surface area contributed by atoms with Crippen molar-refractivity contribution in [2.75, 3.05) is 6.54 Å². The van der Waals surface area contributed by atoms with Gasteiger partial charge in [-0.25, -0.2) is 4.79 Å². The van der Waals surface area contributed by atoms with E-state index in [0.29, 0.717) is 13.0 Å². The zero-order valence-corrected chi connectivity index (χ0v) is 13.1. The molecule has 0 bridgehead atoms. The number of hydrogen-bond donors (Lipinski definition) is 2. The number of nitrogens with one attached hydrogen (secondary N) is 1. The minimum Gasteiger partial charge on any atom is -0.481 e. The van der Waals surface area contributed by atoms with E-state index in [1.807, 2.05) is 29.3 Å². The molecule has 1 saturated heterocycles. The Hall–Kier alpha value is -1.56. The van der Waals surface area contributed by atoms with Crippen LogP contribution in [0.3, 0.4) is 0 Å². The molecule has 5 nitrogen and oxygen atoms in total. The largest absolute Gasteiger partial charge is 0.481 e. The number of carbonyl (C=O) groups is 2. The first-order valence-corrected chi connectivity index (χ1v) is 8.28. The fourth-order valence-corrected chi connectivity index (χ4v) is 3.47. The normalized spacial score (nSPS) is 20.0. The standard InChI is InChI=1S/C15H22N2O3S/c1-11(13-6-4-10-21-13)16-15(20)17-9-3-2-5-12(17)7-8-14(18)19/h4,6,10-12H,2-3,5,7-9H2,1H3,(H,16,20)(H,18,19). The van der Waals surface area contributed by atoms with E-state index in [1.54, 1.807) is 11.3 Å². The number of carbonyl (C=O) groups excluding carboxylic acids is 1. The highest BCUT2D eigenvalue weighted by Gasteiger charge is 2.27. The summed E-state index contributed by atoms with van der Waals surface area (Å²) >= 11 is 1.62. The number of piperidine rings is 1. The van der Waals surface area contributed by atoms with Crippen LogP contribution in [0.2, 0.25) is 0 Å². The quantitative estimate of drug-likeness (QED) is 0.877. The molecule has 0 aliphatic carbocycles. The molecule has 2 N–H and O–H groups in total. The number of carboxylic acids is 1. The van der Waals surface area contributed by atoms with Gasteiger partial charge in [0.15, 0.2) is 0 Å². The number of thiophene rings is 1. The van der Waals surface area contributed by atoms with Crippen molar-refractivity contribution in [1.29, 1.82) is 0 Å². The van der Waals surface area contributed by atoms with Gasteiger partial charge in [0.1, 0.15) is 0 Å². The summed E-state index contributed by atoms with van der Waals surface area (Å²) in [6.07, 6.45) is 3.61. The summed E-state index contributed by atoms with van der Waals surface area (Å²) in [5, 5.41) is 13.8. The van der Waals surface area contributed by atoms with Gasteiger partial charge in [-0.05, 0) is 44.1 Å². The molecular weight excluding hydrogens is 288 g/mol. The van der Waals surface area contributed by atoms with Crippen LogP contribution in [0, 0.1) is 0 Å². The summed E-state index contributed by atoms with van der Waals surface area (Å²) in [6.45, 7) is 2.69. The van der Waals surface area contributed by atoms with Gasteiger partial charge in [0.2, 0.25) is 0 Å². The lowest BCUT2D eigenvalue weighted by molar-refractivity contribution is -0.137. The third-order valence-corrected chi connectivity index (χ3v) is 4.94. The van der Waals surface area contributed by atoms with Gasteiger partial charge in [-0.15, -0.1) is 11.3 Å². The molecule has 2 rings (SSSR count). The third kappa shape index (κ3) is 4.46. The maximum absolute atomic E-state index is 12.4. The number of amides is 2. The van der Waals surface area contributed by atoms with E-state index < -0.39 is 5.97 Å². The second kappa shape index (κ2) is 7.45. The molecule has 1 fully saturated rings. The number of urea groups is 1. The van der Waals surface area contributed by atoms with E-state index in [9.17, 15) is 9.59 Å². The van der Waals surface area contributed by atoms with Gasteiger partial charge >= 0.3 is 12.0 Å². The lowest BCUT2D eigenvalue weighted by atomic mass is 9.98. The van der Waals surface area contributed by atoms with Gasteiger partial charge in [-0.3, -0.25) is 4.79 Å². The Morgan fingerprint density at radius 1 is 1.52 bits per heavy atom. The highest BCUT2D eigenvalue weighted by Crippen LogP contribution is 2.23. The van der Waals surface area contributed by atoms with Crippen LogP contribution in [0.4, 0.5) is 4.79 Å². The number of aliphatic carboxylic acids is 1. The predicted molar refractivity (Wildman–Crippen MR) is 82.5 cm³/mol. The van der Waals surface area contributed by atoms with Crippen molar-refractivity contribution in [3.63, 3.8) is 0 Å². The van der Waals surface area contributed by atoms with Crippen molar-refractivity contribution >= 4 is 23.3 Å². The lowest BCUT2D eigenvalue weighted by Crippen LogP contribution is -2.49. The van der Waals surface area contributed by atoms with Crippen LogP contribution in [0.5, 0.6) is 0 Å². The molecule has 21 heavy (non-hydrogen) atoms. The fraction of sp³-hybridized carbons (Fsp3) is 0.600. The smallest absolute Gasteiger partial charge is 0.318 e. The van der Waals surface area contributed by atoms with Gasteiger partial charge < -0.3 is 15.3 Å². The average molecular weight is 310 g/mol. The average Bonchev–Trinajstić information content (AvgIpc) is 2.99. The summed E-state index contributed by atoms with van der Waals surface area (Å²) in [6, 6.07) is 3.93. The Morgan fingerprint density at radius 3 is 3.00 bits per heavy atom. The molecule has 1 aromatic rings. The Labute approximate surface area is 129 Å². The van der Waals surface area contributed by atoms with Gasteiger partial charge in [-0.2, -0.15) is 0 Å². The van der Waals surface area contributed by atoms with Crippen LogP contribution in [0.1, 0.15) is 49.9 Å². The fourth-order valence-electron chi connectivity index (χ4n) is 2.74. The molecule has 2 atom stereocenters. The summed E-state index contributed by atoms with van der Waals surface area (Å²) in [7, 11) is 0. The SMILES string of the molecule is CC(NC(=O)N1CCCCC1CCC(=O)O)c1cccs1. The maximum atomic E-state index is 12.4. The van der Waals surface area contributed by atoms with Gasteiger partial charge in [0.05, 0.1) is 6.04 Å². The monoisotopic (exact) mass is 310 g/mol. The van der Waals surface area contributed by atoms with Crippen LogP contribution < -0.4 is 5.32 Å². The molecule has 116 valence electrons. The maximum Gasteiger partial charge on any atom is 0.318 e. The predicted octanol–water partition coefficient (Wildman–Crippen LogP) is 3.24. The van der Waals surface area contributed by atoms with Crippen LogP contribution in [0.15, 0.2) is 17.5 Å². The van der Waals surface area contributed by atoms with Crippen LogP contribution in [0.25, 0.3) is 0 Å². The second-order valence-electron chi connectivity index (χ2n) is 5.46. The number of carboxylic acid groups (broad SMARTS) is 1. The highest BCUT2D eigenvalue weighted by molar-refractivity contribution is 7.10. The van der Waals surface area contributed by atoms with Gasteiger partial charge in [0.25, 0.3) is 0 Å². The number of rotatable bonds is 5. The summed E-state index contributed by atoms with van der Waals surface area (Å²) in [5.74, 6) is -0.798. The van der Waals surface area contributed by atoms with Crippen molar-refractivity contribution in [3.05, 3.63) is 22.4 Å². The Bertz CT molecular complexity index is 475. The summed E-state index contributed by atoms with van der Waals surface area (Å²) in [4.78, 5) is 26.1. The number of likely N-dealkylation sites (tertiary alicyclic amines) is 1. The van der Waals surface area contributed by atoms with Crippen LogP contribution in [-0.4, -0.2) is 34.6 Å². The Balaban J connectivity index is 1.93. The zero-order valence-electron chi connectivity index (χ0n) is 12.2. The van der Waals surface area contributed by atoms with Crippen molar-refractivity contribution in [3.8, 4) is 0 Å². The minimum atomic E-state index is -0.798. The second-order valence-corrected chi connectivity index (χ2v) is 6.44. The van der Waals surface area contributed by atoms with E-state index in [-0.39, 0.29) is 24.5 Å². The molecule has 2 amide bonds. The van der Waals surface area contributed by atoms with Crippen LogP contribution >= 0.6 is 11.3 Å². The van der Waals surface area contributed by atoms with E-state index in [0.717, 1.165) is 24.1 Å². The van der Waals surface area contributed by atoms with Gasteiger partial charge in [0, 0.05) is 23.9 Å². The molecule has 0 saturated carbocycles.